The van der Waals surface area contributed by atoms with Crippen molar-refractivity contribution in [2.75, 3.05) is 28.4 Å². The van der Waals surface area contributed by atoms with Crippen LogP contribution in [0.1, 0.15) is 104 Å². The lowest BCUT2D eigenvalue weighted by Gasteiger charge is -2.36. The largest absolute Gasteiger partial charge is 0.497 e. The fourth-order valence-electron chi connectivity index (χ4n) is 8.18. The van der Waals surface area contributed by atoms with E-state index in [0.717, 1.165) is 5.56 Å². The highest BCUT2D eigenvalue weighted by molar-refractivity contribution is 5.70. The number of rotatable bonds is 12. The van der Waals surface area contributed by atoms with Gasteiger partial charge in [0.05, 0.1) is 28.4 Å². The van der Waals surface area contributed by atoms with Crippen molar-refractivity contribution in [1.82, 2.24) is 0 Å². The van der Waals surface area contributed by atoms with Gasteiger partial charge < -0.3 is 48.5 Å². The minimum absolute atomic E-state index is 0.0927. The highest BCUT2D eigenvalue weighted by Gasteiger charge is 2.44. The minimum atomic E-state index is -1.45. The molecular weight excluding hydrogens is 889 g/mol. The first kappa shape index (κ1) is 50.0. The molecule has 0 aromatic heterocycles. The van der Waals surface area contributed by atoms with Gasteiger partial charge in [0.15, 0.2) is 0 Å². The van der Waals surface area contributed by atoms with Crippen LogP contribution in [-0.4, -0.2) is 61.3 Å². The number of carbonyl (C=O) groups excluding carboxylic acids is 1. The molecule has 0 radical (unpaired) electrons. The van der Waals surface area contributed by atoms with Crippen molar-refractivity contribution in [1.29, 1.82) is 0 Å². The molecule has 0 saturated carbocycles. The van der Waals surface area contributed by atoms with E-state index < -0.39 is 22.8 Å². The van der Waals surface area contributed by atoms with Crippen LogP contribution in [0.4, 0.5) is 0 Å². The van der Waals surface area contributed by atoms with E-state index in [0.29, 0.717) is 117 Å². The number of methoxy groups -OCH3 is 4. The topological polar surface area (TPSA) is 159 Å². The second kappa shape index (κ2) is 21.6. The van der Waals surface area contributed by atoms with Gasteiger partial charge in [-0.2, -0.15) is 0 Å². The molecule has 6 aromatic carbocycles. The lowest BCUT2D eigenvalue weighted by Crippen LogP contribution is -2.32. The van der Waals surface area contributed by atoms with Gasteiger partial charge in [0.2, 0.25) is 0 Å². The number of hydrogen-bond acceptors (Lipinski definition) is 11. The van der Waals surface area contributed by atoms with Gasteiger partial charge in [0.1, 0.15) is 62.8 Å². The van der Waals surface area contributed by atoms with E-state index in [1.807, 2.05) is 106 Å². The number of fused-ring (bicyclic) bond motifs is 4. The zero-order chi connectivity index (χ0) is 50.1. The summed E-state index contributed by atoms with van der Waals surface area (Å²) in [6.45, 7) is 5.56. The molecule has 0 saturated heterocycles. The van der Waals surface area contributed by atoms with Crippen LogP contribution in [0.15, 0.2) is 121 Å². The van der Waals surface area contributed by atoms with E-state index in [2.05, 4.69) is 23.7 Å². The fourth-order valence-corrected chi connectivity index (χ4v) is 8.18. The summed E-state index contributed by atoms with van der Waals surface area (Å²) in [4.78, 5) is 22.5. The molecule has 0 amide bonds. The molecule has 0 bridgehead atoms. The van der Waals surface area contributed by atoms with E-state index in [-0.39, 0.29) is 12.4 Å². The van der Waals surface area contributed by atoms with Crippen molar-refractivity contribution in [2.24, 2.45) is 0 Å². The Morgan fingerprint density at radius 3 is 1.24 bits per heavy atom. The third-order valence-electron chi connectivity index (χ3n) is 11.6. The third-order valence-corrected chi connectivity index (χ3v) is 11.6. The number of ether oxygens (including phenoxy) is 7. The number of carboxylic acids is 1. The van der Waals surface area contributed by atoms with Gasteiger partial charge in [0, 0.05) is 71.2 Å². The van der Waals surface area contributed by atoms with Gasteiger partial charge in [-0.25, -0.2) is 0 Å². The Balaban J connectivity index is 0.000000208. The summed E-state index contributed by atoms with van der Waals surface area (Å²) >= 11 is 0. The Morgan fingerprint density at radius 2 is 0.871 bits per heavy atom. The monoisotopic (exact) mass is 944 g/mol. The number of aliphatic hydroxyl groups is 2. The van der Waals surface area contributed by atoms with Gasteiger partial charge in [-0.3, -0.25) is 9.59 Å². The second-order valence-electron chi connectivity index (χ2n) is 17.5. The molecule has 360 valence electrons. The standard InChI is InChI=1S/C31H32O6.C27H24O6/c1-30(2,3)37-29(32)10-8-6-7-9-21-11-17-25-27(19-21)36-28-20-24(35-5)16-18-26(28)31(25,33)22-12-14-23(34-4)15-13-22;1-31-20-11-9-19(10-12-20)27(30)22-14-8-18(6-4-3-5-7-26(28)29)16-24(22)33-25-17-21(32-2)13-15-23(25)27/h11-20,33H,6,8,10H2,1-5H3;8-17,30H,3,5,7H2,1-2H3,(H,28,29). The SMILES string of the molecule is COc1ccc(C2(O)c3ccc(C#CCCCC(=O)O)cc3Oc3cc(OC)ccc32)cc1.COc1ccc(C2(O)c3ccc(C#CCCCC(=O)OC(C)(C)C)cc3Oc3cc(OC)ccc32)cc1. The molecule has 70 heavy (non-hydrogen) atoms. The van der Waals surface area contributed by atoms with E-state index in [1.165, 1.54) is 0 Å². The third kappa shape index (κ3) is 11.2. The molecule has 0 spiro atoms. The van der Waals surface area contributed by atoms with Crippen LogP contribution >= 0.6 is 0 Å². The number of carboxylic acid groups (broad SMARTS) is 1. The highest BCUT2D eigenvalue weighted by atomic mass is 16.6. The molecule has 2 aliphatic rings. The summed E-state index contributed by atoms with van der Waals surface area (Å²) in [5.41, 5.74) is 1.88. The number of benzene rings is 6. The van der Waals surface area contributed by atoms with E-state index in [9.17, 15) is 19.8 Å². The van der Waals surface area contributed by atoms with E-state index >= 15 is 0 Å². The van der Waals surface area contributed by atoms with Gasteiger partial charge >= 0.3 is 11.9 Å². The quantitative estimate of drug-likeness (QED) is 0.0606. The maximum atomic E-state index is 12.2. The van der Waals surface area contributed by atoms with Gasteiger partial charge in [-0.15, -0.1) is 0 Å². The summed E-state index contributed by atoms with van der Waals surface area (Å²) in [7, 11) is 6.37. The Bertz CT molecular complexity index is 2980. The van der Waals surface area contributed by atoms with Crippen molar-refractivity contribution >= 4 is 11.9 Å². The molecule has 0 aliphatic carbocycles. The first-order chi connectivity index (χ1) is 33.6. The molecule has 8 rings (SSSR count). The van der Waals surface area contributed by atoms with Crippen molar-refractivity contribution in [3.8, 4) is 69.7 Å². The molecular formula is C58H56O12. The predicted molar refractivity (Wildman–Crippen MR) is 264 cm³/mol. The van der Waals surface area contributed by atoms with Crippen molar-refractivity contribution < 1.29 is 58.1 Å². The Morgan fingerprint density at radius 1 is 0.514 bits per heavy atom. The maximum absolute atomic E-state index is 12.2. The fraction of sp³-hybridized carbons (Fsp3) is 0.276. The maximum Gasteiger partial charge on any atom is 0.306 e. The summed E-state index contributed by atoms with van der Waals surface area (Å²) in [6, 6.07) is 36.3. The number of hydrogen-bond donors (Lipinski definition) is 3. The predicted octanol–water partition coefficient (Wildman–Crippen LogP) is 10.7. The van der Waals surface area contributed by atoms with Gasteiger partial charge in [-0.05, 0) is 118 Å². The van der Waals surface area contributed by atoms with Crippen LogP contribution in [0, 0.1) is 23.7 Å². The van der Waals surface area contributed by atoms with E-state index in [1.54, 1.807) is 64.8 Å². The average Bonchev–Trinajstić information content (AvgIpc) is 3.35. The van der Waals surface area contributed by atoms with E-state index in [4.69, 9.17) is 38.3 Å². The van der Waals surface area contributed by atoms with Crippen LogP contribution in [0.25, 0.3) is 0 Å². The summed E-state index contributed by atoms with van der Waals surface area (Å²) < 4.78 is 39.0. The lowest BCUT2D eigenvalue weighted by molar-refractivity contribution is -0.154. The number of unbranched alkanes of at least 4 members (excludes halogenated alkanes) is 2. The lowest BCUT2D eigenvalue weighted by atomic mass is 9.78. The minimum Gasteiger partial charge on any atom is -0.497 e. The van der Waals surface area contributed by atoms with Crippen LogP contribution in [0.3, 0.4) is 0 Å². The molecule has 12 heteroatoms. The Hall–Kier alpha value is -7.90. The molecule has 2 atom stereocenters. The molecule has 3 N–H and O–H groups in total. The number of aliphatic carboxylic acids is 1. The van der Waals surface area contributed by atoms with Crippen LogP contribution in [0.2, 0.25) is 0 Å². The van der Waals surface area contributed by atoms with Crippen LogP contribution < -0.4 is 28.4 Å². The zero-order valence-corrected chi connectivity index (χ0v) is 40.3. The van der Waals surface area contributed by atoms with Crippen LogP contribution in [-0.2, 0) is 25.5 Å². The van der Waals surface area contributed by atoms with Crippen molar-refractivity contribution in [2.45, 2.75) is 76.1 Å². The molecule has 6 aromatic rings. The summed E-state index contributed by atoms with van der Waals surface area (Å²) in [5.74, 6) is 15.9. The zero-order valence-electron chi connectivity index (χ0n) is 40.3. The van der Waals surface area contributed by atoms with Gasteiger partial charge in [-0.1, -0.05) is 60.1 Å². The van der Waals surface area contributed by atoms with Crippen molar-refractivity contribution in [3.63, 3.8) is 0 Å². The second-order valence-corrected chi connectivity index (χ2v) is 17.5. The van der Waals surface area contributed by atoms with Crippen molar-refractivity contribution in [3.05, 3.63) is 166 Å². The first-order valence-electron chi connectivity index (χ1n) is 22.8. The Labute approximate surface area is 408 Å². The normalized spacial score (nSPS) is 15.8. The van der Waals surface area contributed by atoms with Gasteiger partial charge in [0.25, 0.3) is 0 Å². The summed E-state index contributed by atoms with van der Waals surface area (Å²) in [5, 5.41) is 33.1. The highest BCUT2D eigenvalue weighted by Crippen LogP contribution is 2.53. The number of esters is 1. The summed E-state index contributed by atoms with van der Waals surface area (Å²) in [6.07, 6.45) is 2.58. The smallest absolute Gasteiger partial charge is 0.306 e. The Kier molecular flexibility index (Phi) is 15.4. The molecule has 0 fully saturated rings. The molecule has 12 nitrogen and oxygen atoms in total. The average molecular weight is 945 g/mol. The van der Waals surface area contributed by atoms with Crippen LogP contribution in [0.5, 0.6) is 46.0 Å². The first-order valence-corrected chi connectivity index (χ1v) is 22.8. The molecule has 2 aliphatic heterocycles. The molecule has 2 heterocycles. The molecule has 2 unspecified atom stereocenters. The number of carbonyl (C=O) groups is 2.